The van der Waals surface area contributed by atoms with Crippen LogP contribution in [-0.4, -0.2) is 28.5 Å². The summed E-state index contributed by atoms with van der Waals surface area (Å²) in [7, 11) is 0. The molecule has 0 radical (unpaired) electrons. The van der Waals surface area contributed by atoms with Gasteiger partial charge in [-0.1, -0.05) is 20.3 Å². The lowest BCUT2D eigenvalue weighted by Gasteiger charge is -2.32. The zero-order valence-corrected chi connectivity index (χ0v) is 14.9. The van der Waals surface area contributed by atoms with E-state index in [1.54, 1.807) is 0 Å². The van der Waals surface area contributed by atoms with E-state index in [0.717, 1.165) is 25.6 Å². The zero-order valence-electron chi connectivity index (χ0n) is 14.1. The quantitative estimate of drug-likeness (QED) is 0.826. The molecule has 0 saturated carbocycles. The number of hydrogen-bond donors (Lipinski definition) is 1. The number of thiazole rings is 1. The maximum absolute atomic E-state index is 4.90. The monoisotopic (exact) mass is 309 g/mol. The van der Waals surface area contributed by atoms with Gasteiger partial charge in [-0.25, -0.2) is 4.98 Å². The second-order valence-corrected chi connectivity index (χ2v) is 7.50. The molecule has 2 rings (SSSR count). The topological polar surface area (TPSA) is 28.2 Å². The van der Waals surface area contributed by atoms with Crippen molar-refractivity contribution < 1.29 is 0 Å². The van der Waals surface area contributed by atoms with Gasteiger partial charge in [0, 0.05) is 23.5 Å². The molecular weight excluding hydrogens is 278 g/mol. The van der Waals surface area contributed by atoms with Crippen LogP contribution >= 0.6 is 11.3 Å². The Bertz CT molecular complexity index is 430. The van der Waals surface area contributed by atoms with Crippen molar-refractivity contribution in [2.75, 3.05) is 6.54 Å². The lowest BCUT2D eigenvalue weighted by molar-refractivity contribution is 0.152. The largest absolute Gasteiger partial charge is 0.309 e. The minimum Gasteiger partial charge on any atom is -0.309 e. The van der Waals surface area contributed by atoms with Crippen molar-refractivity contribution in [3.8, 4) is 0 Å². The average molecular weight is 310 g/mol. The summed E-state index contributed by atoms with van der Waals surface area (Å²) in [4.78, 5) is 8.94. The molecule has 2 atom stereocenters. The molecule has 120 valence electrons. The molecule has 1 aromatic rings. The molecule has 0 aromatic carbocycles. The van der Waals surface area contributed by atoms with Gasteiger partial charge < -0.3 is 5.32 Å². The van der Waals surface area contributed by atoms with E-state index in [1.807, 2.05) is 11.3 Å². The summed E-state index contributed by atoms with van der Waals surface area (Å²) in [6.45, 7) is 12.3. The van der Waals surface area contributed by atoms with Crippen molar-refractivity contribution in [1.82, 2.24) is 15.2 Å². The third-order valence-electron chi connectivity index (χ3n) is 4.66. The summed E-state index contributed by atoms with van der Waals surface area (Å²) in [5.74, 6) is 0. The molecule has 3 nitrogen and oxygen atoms in total. The normalized spacial score (nSPS) is 21.6. The first kappa shape index (κ1) is 16.9. The lowest BCUT2D eigenvalue weighted by atomic mass is 10.0. The molecule has 1 fully saturated rings. The van der Waals surface area contributed by atoms with E-state index in [0.29, 0.717) is 6.04 Å². The SMILES string of the molecule is CCc1nc(CN2CCCCC2C)sc1CNC(C)CC. The predicted molar refractivity (Wildman–Crippen MR) is 91.8 cm³/mol. The molecule has 1 N–H and O–H groups in total. The van der Waals surface area contributed by atoms with E-state index in [2.05, 4.69) is 37.9 Å². The van der Waals surface area contributed by atoms with E-state index in [4.69, 9.17) is 4.98 Å². The first-order chi connectivity index (χ1) is 10.1. The van der Waals surface area contributed by atoms with E-state index in [1.165, 1.54) is 47.8 Å². The van der Waals surface area contributed by atoms with Gasteiger partial charge >= 0.3 is 0 Å². The van der Waals surface area contributed by atoms with Gasteiger partial charge in [0.1, 0.15) is 5.01 Å². The fourth-order valence-corrected chi connectivity index (χ4v) is 4.03. The first-order valence-electron chi connectivity index (χ1n) is 8.58. The molecule has 2 heterocycles. The van der Waals surface area contributed by atoms with E-state index < -0.39 is 0 Å². The van der Waals surface area contributed by atoms with Gasteiger partial charge in [-0.2, -0.15) is 0 Å². The standard InChI is InChI=1S/C17H31N3S/c1-5-13(3)18-11-16-15(6-2)19-17(21-16)12-20-10-8-7-9-14(20)4/h13-14,18H,5-12H2,1-4H3. The van der Waals surface area contributed by atoms with Crippen LogP contribution in [-0.2, 0) is 19.5 Å². The van der Waals surface area contributed by atoms with Crippen LogP contribution in [0.15, 0.2) is 0 Å². The first-order valence-corrected chi connectivity index (χ1v) is 9.40. The van der Waals surface area contributed by atoms with Crippen LogP contribution in [0, 0.1) is 0 Å². The molecule has 21 heavy (non-hydrogen) atoms. The van der Waals surface area contributed by atoms with Gasteiger partial charge in [-0.15, -0.1) is 11.3 Å². The summed E-state index contributed by atoms with van der Waals surface area (Å²) in [5, 5.41) is 4.91. The van der Waals surface area contributed by atoms with E-state index >= 15 is 0 Å². The summed E-state index contributed by atoms with van der Waals surface area (Å²) in [6, 6.07) is 1.30. The van der Waals surface area contributed by atoms with Crippen LogP contribution < -0.4 is 5.32 Å². The van der Waals surface area contributed by atoms with Crippen molar-refractivity contribution >= 4 is 11.3 Å². The molecule has 1 saturated heterocycles. The molecule has 0 aliphatic carbocycles. The van der Waals surface area contributed by atoms with Crippen LogP contribution in [0.3, 0.4) is 0 Å². The Morgan fingerprint density at radius 1 is 1.38 bits per heavy atom. The second kappa shape index (κ2) is 8.25. The number of aromatic nitrogens is 1. The summed E-state index contributed by atoms with van der Waals surface area (Å²) >= 11 is 1.92. The number of piperidine rings is 1. The van der Waals surface area contributed by atoms with Crippen molar-refractivity contribution in [3.05, 3.63) is 15.6 Å². The molecular formula is C17H31N3S. The average Bonchev–Trinajstić information content (AvgIpc) is 2.89. The number of likely N-dealkylation sites (tertiary alicyclic amines) is 1. The van der Waals surface area contributed by atoms with Gasteiger partial charge in [-0.05, 0) is 46.1 Å². The highest BCUT2D eigenvalue weighted by Crippen LogP contribution is 2.24. The number of hydrogen-bond acceptors (Lipinski definition) is 4. The minimum atomic E-state index is 0.586. The molecule has 0 bridgehead atoms. The Morgan fingerprint density at radius 2 is 2.19 bits per heavy atom. The lowest BCUT2D eigenvalue weighted by Crippen LogP contribution is -2.36. The molecule has 1 aliphatic heterocycles. The fourth-order valence-electron chi connectivity index (χ4n) is 2.90. The van der Waals surface area contributed by atoms with Crippen LogP contribution in [0.25, 0.3) is 0 Å². The van der Waals surface area contributed by atoms with Crippen LogP contribution in [0.2, 0.25) is 0 Å². The third-order valence-corrected chi connectivity index (χ3v) is 5.74. The predicted octanol–water partition coefficient (Wildman–Crippen LogP) is 3.97. The number of nitrogens with zero attached hydrogens (tertiary/aromatic N) is 2. The van der Waals surface area contributed by atoms with Gasteiger partial charge in [0.05, 0.1) is 12.2 Å². The molecule has 2 unspecified atom stereocenters. The van der Waals surface area contributed by atoms with Crippen LogP contribution in [0.4, 0.5) is 0 Å². The summed E-state index contributed by atoms with van der Waals surface area (Å²) in [5.41, 5.74) is 1.30. The summed E-state index contributed by atoms with van der Waals surface area (Å²) < 4.78 is 0. The van der Waals surface area contributed by atoms with Crippen molar-refractivity contribution in [2.45, 2.75) is 85.0 Å². The van der Waals surface area contributed by atoms with Gasteiger partial charge in [-0.3, -0.25) is 4.90 Å². The molecule has 0 spiro atoms. The Balaban J connectivity index is 1.98. The molecule has 0 amide bonds. The van der Waals surface area contributed by atoms with Crippen molar-refractivity contribution in [1.29, 1.82) is 0 Å². The second-order valence-electron chi connectivity index (χ2n) is 6.34. The molecule has 4 heteroatoms. The number of nitrogens with one attached hydrogen (secondary N) is 1. The highest BCUT2D eigenvalue weighted by molar-refractivity contribution is 7.11. The number of rotatable bonds is 7. The maximum Gasteiger partial charge on any atom is 0.107 e. The highest BCUT2D eigenvalue weighted by Gasteiger charge is 2.20. The molecule has 1 aromatic heterocycles. The Morgan fingerprint density at radius 3 is 2.86 bits per heavy atom. The fraction of sp³-hybridized carbons (Fsp3) is 0.824. The van der Waals surface area contributed by atoms with Crippen molar-refractivity contribution in [2.24, 2.45) is 0 Å². The minimum absolute atomic E-state index is 0.586. The highest BCUT2D eigenvalue weighted by atomic mass is 32.1. The number of aryl methyl sites for hydroxylation is 1. The third kappa shape index (κ3) is 4.76. The Hall–Kier alpha value is -0.450. The Kier molecular flexibility index (Phi) is 6.65. The zero-order chi connectivity index (χ0) is 15.2. The van der Waals surface area contributed by atoms with Crippen LogP contribution in [0.1, 0.15) is 69.0 Å². The Labute approximate surface area is 134 Å². The van der Waals surface area contributed by atoms with Crippen molar-refractivity contribution in [3.63, 3.8) is 0 Å². The van der Waals surface area contributed by atoms with Crippen LogP contribution in [0.5, 0.6) is 0 Å². The molecule has 1 aliphatic rings. The van der Waals surface area contributed by atoms with Gasteiger partial charge in [0.15, 0.2) is 0 Å². The maximum atomic E-state index is 4.90. The summed E-state index contributed by atoms with van der Waals surface area (Å²) in [6.07, 6.45) is 6.30. The van der Waals surface area contributed by atoms with Gasteiger partial charge in [0.2, 0.25) is 0 Å². The smallest absolute Gasteiger partial charge is 0.107 e. The van der Waals surface area contributed by atoms with E-state index in [9.17, 15) is 0 Å². The van der Waals surface area contributed by atoms with Gasteiger partial charge in [0.25, 0.3) is 0 Å². The van der Waals surface area contributed by atoms with E-state index in [-0.39, 0.29) is 0 Å².